The Balaban J connectivity index is 2.25. The predicted molar refractivity (Wildman–Crippen MR) is 34.6 cm³/mol. The minimum absolute atomic E-state index is 0.152. The monoisotopic (exact) mass is 177 g/mol. The van der Waals surface area contributed by atoms with E-state index < -0.39 is 0 Å². The Morgan fingerprint density at radius 1 is 1.62 bits per heavy atom. The molecule has 0 aromatic rings. The van der Waals surface area contributed by atoms with Crippen molar-refractivity contribution in [1.82, 2.24) is 0 Å². The fourth-order valence-corrected chi connectivity index (χ4v) is 1.68. The molecule has 2 nitrogen and oxygen atoms in total. The first-order valence-electron chi connectivity index (χ1n) is 2.63. The van der Waals surface area contributed by atoms with Crippen LogP contribution in [0.2, 0.25) is 0 Å². The number of carbonyl (C=O) groups excluding carboxylic acids is 1. The van der Waals surface area contributed by atoms with Crippen molar-refractivity contribution < 1.29 is 4.79 Å². The Labute approximate surface area is 56.6 Å². The molecule has 0 radical (unpaired) electrons. The first-order valence-corrected chi connectivity index (χ1v) is 3.55. The molecular weight excluding hydrogens is 170 g/mol. The van der Waals surface area contributed by atoms with E-state index in [-0.39, 0.29) is 11.8 Å². The SMILES string of the molecule is NC(=O)C1CC(Br)C1. The maximum absolute atomic E-state index is 10.3. The number of rotatable bonds is 1. The normalized spacial score (nSPS) is 36.1. The molecule has 8 heavy (non-hydrogen) atoms. The van der Waals surface area contributed by atoms with E-state index in [1.165, 1.54) is 0 Å². The van der Waals surface area contributed by atoms with Gasteiger partial charge in [0.05, 0.1) is 0 Å². The second kappa shape index (κ2) is 2.05. The summed E-state index contributed by atoms with van der Waals surface area (Å²) in [6.45, 7) is 0. The molecule has 0 unspecified atom stereocenters. The Morgan fingerprint density at radius 2 is 2.12 bits per heavy atom. The molecule has 0 saturated heterocycles. The Hall–Kier alpha value is -0.0500. The van der Waals surface area contributed by atoms with Crippen LogP contribution in [0.4, 0.5) is 0 Å². The summed E-state index contributed by atoms with van der Waals surface area (Å²) in [6.07, 6.45) is 1.85. The number of hydrogen-bond donors (Lipinski definition) is 1. The number of primary amides is 1. The Morgan fingerprint density at radius 3 is 2.25 bits per heavy atom. The molecule has 2 N–H and O–H groups in total. The zero-order valence-electron chi connectivity index (χ0n) is 4.43. The molecule has 0 atom stereocenters. The lowest BCUT2D eigenvalue weighted by molar-refractivity contribution is -0.123. The van der Waals surface area contributed by atoms with Gasteiger partial charge in [0.15, 0.2) is 0 Å². The summed E-state index contributed by atoms with van der Waals surface area (Å²) >= 11 is 3.36. The van der Waals surface area contributed by atoms with Crippen molar-refractivity contribution in [2.45, 2.75) is 17.7 Å². The van der Waals surface area contributed by atoms with Gasteiger partial charge in [0.1, 0.15) is 0 Å². The van der Waals surface area contributed by atoms with Crippen LogP contribution in [-0.4, -0.2) is 10.7 Å². The van der Waals surface area contributed by atoms with E-state index in [0.717, 1.165) is 12.8 Å². The lowest BCUT2D eigenvalue weighted by atomic mass is 9.85. The smallest absolute Gasteiger partial charge is 0.220 e. The van der Waals surface area contributed by atoms with Gasteiger partial charge >= 0.3 is 0 Å². The molecule has 0 heterocycles. The third-order valence-corrected chi connectivity index (χ3v) is 2.23. The van der Waals surface area contributed by atoms with Crippen LogP contribution >= 0.6 is 15.9 Å². The van der Waals surface area contributed by atoms with Crippen LogP contribution < -0.4 is 5.73 Å². The van der Waals surface area contributed by atoms with Crippen LogP contribution in [-0.2, 0) is 4.79 Å². The quantitative estimate of drug-likeness (QED) is 0.588. The van der Waals surface area contributed by atoms with E-state index in [1.807, 2.05) is 0 Å². The molecule has 46 valence electrons. The molecule has 1 aliphatic rings. The van der Waals surface area contributed by atoms with Crippen molar-refractivity contribution >= 4 is 21.8 Å². The van der Waals surface area contributed by atoms with Crippen LogP contribution in [0.15, 0.2) is 0 Å². The van der Waals surface area contributed by atoms with Crippen LogP contribution in [0.1, 0.15) is 12.8 Å². The second-order valence-corrected chi connectivity index (χ2v) is 3.46. The number of carbonyl (C=O) groups is 1. The van der Waals surface area contributed by atoms with Gasteiger partial charge in [0.2, 0.25) is 5.91 Å². The lowest BCUT2D eigenvalue weighted by Crippen LogP contribution is -2.35. The van der Waals surface area contributed by atoms with Crippen molar-refractivity contribution in [1.29, 1.82) is 0 Å². The summed E-state index contributed by atoms with van der Waals surface area (Å²) in [7, 11) is 0. The van der Waals surface area contributed by atoms with Crippen LogP contribution in [0.5, 0.6) is 0 Å². The number of halogens is 1. The van der Waals surface area contributed by atoms with Gasteiger partial charge in [-0.2, -0.15) is 0 Å². The fourth-order valence-electron chi connectivity index (χ4n) is 0.781. The molecule has 1 rings (SSSR count). The highest BCUT2D eigenvalue weighted by molar-refractivity contribution is 9.09. The molecule has 0 aromatic carbocycles. The summed E-state index contributed by atoms with van der Waals surface area (Å²) in [6, 6.07) is 0. The zero-order valence-corrected chi connectivity index (χ0v) is 6.02. The maximum atomic E-state index is 10.3. The molecule has 0 aromatic heterocycles. The standard InChI is InChI=1S/C5H8BrNO/c6-4-1-3(2-4)5(7)8/h3-4H,1-2H2,(H2,7,8). The summed E-state index contributed by atoms with van der Waals surface area (Å²) < 4.78 is 0. The summed E-state index contributed by atoms with van der Waals surface area (Å²) in [4.78, 5) is 10.9. The number of hydrogen-bond acceptors (Lipinski definition) is 1. The largest absolute Gasteiger partial charge is 0.369 e. The highest BCUT2D eigenvalue weighted by atomic mass is 79.9. The zero-order chi connectivity index (χ0) is 6.15. The third-order valence-electron chi connectivity index (χ3n) is 1.48. The summed E-state index contributed by atoms with van der Waals surface area (Å²) in [5.41, 5.74) is 5.00. The first-order chi connectivity index (χ1) is 3.70. The average Bonchev–Trinajstić information content (AvgIpc) is 1.57. The molecule has 0 aliphatic heterocycles. The average molecular weight is 178 g/mol. The predicted octanol–water partition coefficient (Wildman–Crippen LogP) is 0.645. The first kappa shape index (κ1) is 6.08. The highest BCUT2D eigenvalue weighted by Crippen LogP contribution is 2.32. The minimum Gasteiger partial charge on any atom is -0.369 e. The van der Waals surface area contributed by atoms with E-state index in [4.69, 9.17) is 5.73 Å². The number of nitrogens with two attached hydrogens (primary N) is 1. The van der Waals surface area contributed by atoms with Gasteiger partial charge in [-0.25, -0.2) is 0 Å². The topological polar surface area (TPSA) is 43.1 Å². The summed E-state index contributed by atoms with van der Waals surface area (Å²) in [5.74, 6) is 0.0000694. The number of amides is 1. The van der Waals surface area contributed by atoms with Crippen molar-refractivity contribution in [3.63, 3.8) is 0 Å². The van der Waals surface area contributed by atoms with Gasteiger partial charge < -0.3 is 5.73 Å². The van der Waals surface area contributed by atoms with Crippen molar-refractivity contribution in [3.05, 3.63) is 0 Å². The van der Waals surface area contributed by atoms with Gasteiger partial charge in [-0.3, -0.25) is 4.79 Å². The maximum Gasteiger partial charge on any atom is 0.220 e. The molecular formula is C5H8BrNO. The third kappa shape index (κ3) is 1.02. The van der Waals surface area contributed by atoms with Crippen molar-refractivity contribution in [2.24, 2.45) is 11.7 Å². The van der Waals surface area contributed by atoms with Gasteiger partial charge in [0, 0.05) is 10.7 Å². The van der Waals surface area contributed by atoms with Crippen LogP contribution in [0, 0.1) is 5.92 Å². The van der Waals surface area contributed by atoms with Crippen molar-refractivity contribution in [2.75, 3.05) is 0 Å². The van der Waals surface area contributed by atoms with Gasteiger partial charge in [-0.1, -0.05) is 15.9 Å². The van der Waals surface area contributed by atoms with Crippen LogP contribution in [0.25, 0.3) is 0 Å². The van der Waals surface area contributed by atoms with E-state index in [1.54, 1.807) is 0 Å². The molecule has 0 bridgehead atoms. The number of alkyl halides is 1. The van der Waals surface area contributed by atoms with Gasteiger partial charge in [-0.05, 0) is 12.8 Å². The molecule has 1 aliphatic carbocycles. The van der Waals surface area contributed by atoms with Gasteiger partial charge in [-0.15, -0.1) is 0 Å². The van der Waals surface area contributed by atoms with Crippen molar-refractivity contribution in [3.8, 4) is 0 Å². The molecule has 0 spiro atoms. The molecule has 1 fully saturated rings. The molecule has 3 heteroatoms. The minimum atomic E-state index is -0.152. The Bertz CT molecular complexity index is 109. The highest BCUT2D eigenvalue weighted by Gasteiger charge is 2.30. The molecule has 1 amide bonds. The Kier molecular flexibility index (Phi) is 1.56. The van der Waals surface area contributed by atoms with E-state index >= 15 is 0 Å². The fraction of sp³-hybridized carbons (Fsp3) is 0.800. The van der Waals surface area contributed by atoms with Gasteiger partial charge in [0.25, 0.3) is 0 Å². The summed E-state index contributed by atoms with van der Waals surface area (Å²) in [5, 5.41) is 0. The van der Waals surface area contributed by atoms with Crippen LogP contribution in [0.3, 0.4) is 0 Å². The second-order valence-electron chi connectivity index (χ2n) is 2.17. The van der Waals surface area contributed by atoms with E-state index in [9.17, 15) is 4.79 Å². The van der Waals surface area contributed by atoms with E-state index in [0.29, 0.717) is 4.83 Å². The lowest BCUT2D eigenvalue weighted by Gasteiger charge is -2.27. The molecule has 1 saturated carbocycles. The van der Waals surface area contributed by atoms with E-state index in [2.05, 4.69) is 15.9 Å².